The fraction of sp³-hybridized carbons (Fsp3) is 0.889. The molecule has 134 valence electrons. The zero-order chi connectivity index (χ0) is 16.0. The molecule has 0 bridgehead atoms. The Labute approximate surface area is 143 Å². The standard InChI is InChI=1S/C18H27NO5/c1-2-10-20-13(5-1)16-17(14-6-3-11-21-14)24-18(23-16,15-7-12-22-15)19-8-4-9-19/h13-15H,1-12H2. The van der Waals surface area contributed by atoms with E-state index in [4.69, 9.17) is 23.7 Å². The van der Waals surface area contributed by atoms with Gasteiger partial charge in [-0.3, -0.25) is 0 Å². The van der Waals surface area contributed by atoms with E-state index < -0.39 is 5.91 Å². The predicted molar refractivity (Wildman–Crippen MR) is 85.0 cm³/mol. The number of nitrogens with zero attached hydrogens (tertiary/aromatic N) is 1. The Hall–Kier alpha value is -0.820. The molecule has 4 unspecified atom stereocenters. The van der Waals surface area contributed by atoms with Gasteiger partial charge in [0.2, 0.25) is 0 Å². The molecule has 5 aliphatic rings. The van der Waals surface area contributed by atoms with E-state index >= 15 is 0 Å². The minimum Gasteiger partial charge on any atom is -0.435 e. The molecule has 0 saturated carbocycles. The highest BCUT2D eigenvalue weighted by atomic mass is 16.8. The van der Waals surface area contributed by atoms with Gasteiger partial charge < -0.3 is 23.7 Å². The van der Waals surface area contributed by atoms with Crippen molar-refractivity contribution in [2.24, 2.45) is 0 Å². The Morgan fingerprint density at radius 3 is 1.79 bits per heavy atom. The van der Waals surface area contributed by atoms with E-state index in [1.165, 1.54) is 12.8 Å². The fourth-order valence-corrected chi connectivity index (χ4v) is 4.23. The minimum absolute atomic E-state index is 0.00109. The predicted octanol–water partition coefficient (Wildman–Crippen LogP) is 2.14. The monoisotopic (exact) mass is 337 g/mol. The number of likely N-dealkylation sites (tertiary alicyclic amines) is 1. The van der Waals surface area contributed by atoms with Gasteiger partial charge in [0.05, 0.1) is 6.61 Å². The molecule has 4 saturated heterocycles. The first-order valence-electron chi connectivity index (χ1n) is 9.59. The van der Waals surface area contributed by atoms with Gasteiger partial charge in [0.25, 0.3) is 0 Å². The Kier molecular flexibility index (Phi) is 3.96. The van der Waals surface area contributed by atoms with E-state index in [2.05, 4.69) is 4.90 Å². The summed E-state index contributed by atoms with van der Waals surface area (Å²) in [7, 11) is 0. The van der Waals surface area contributed by atoms with Crippen LogP contribution in [-0.2, 0) is 23.7 Å². The van der Waals surface area contributed by atoms with Gasteiger partial charge in [-0.05, 0) is 38.5 Å². The highest BCUT2D eigenvalue weighted by Crippen LogP contribution is 2.47. The third-order valence-corrected chi connectivity index (χ3v) is 5.85. The Bertz CT molecular complexity index is 488. The zero-order valence-corrected chi connectivity index (χ0v) is 14.2. The lowest BCUT2D eigenvalue weighted by Crippen LogP contribution is -2.66. The lowest BCUT2D eigenvalue weighted by Gasteiger charge is -2.50. The average Bonchev–Trinajstić information content (AvgIpc) is 3.12. The van der Waals surface area contributed by atoms with Crippen LogP contribution in [0.2, 0.25) is 0 Å². The molecule has 5 aliphatic heterocycles. The van der Waals surface area contributed by atoms with E-state index in [-0.39, 0.29) is 18.3 Å². The van der Waals surface area contributed by atoms with Crippen molar-refractivity contribution in [1.82, 2.24) is 4.90 Å². The van der Waals surface area contributed by atoms with Crippen molar-refractivity contribution in [3.8, 4) is 0 Å². The van der Waals surface area contributed by atoms with Crippen LogP contribution in [0.15, 0.2) is 11.5 Å². The molecule has 0 spiro atoms. The van der Waals surface area contributed by atoms with Gasteiger partial charge in [-0.25, -0.2) is 4.90 Å². The number of ether oxygens (including phenoxy) is 5. The zero-order valence-electron chi connectivity index (χ0n) is 14.2. The highest BCUT2D eigenvalue weighted by Gasteiger charge is 2.60. The van der Waals surface area contributed by atoms with E-state index in [1.54, 1.807) is 0 Å². The molecule has 4 fully saturated rings. The molecule has 4 atom stereocenters. The Morgan fingerprint density at radius 1 is 0.708 bits per heavy atom. The van der Waals surface area contributed by atoms with Crippen molar-refractivity contribution in [2.45, 2.75) is 69.2 Å². The lowest BCUT2D eigenvalue weighted by molar-refractivity contribution is -0.351. The second-order valence-electron chi connectivity index (χ2n) is 7.41. The van der Waals surface area contributed by atoms with Gasteiger partial charge >= 0.3 is 5.91 Å². The molecule has 0 aromatic carbocycles. The molecule has 24 heavy (non-hydrogen) atoms. The maximum Gasteiger partial charge on any atom is 0.343 e. The quantitative estimate of drug-likeness (QED) is 0.783. The highest BCUT2D eigenvalue weighted by molar-refractivity contribution is 5.20. The van der Waals surface area contributed by atoms with Crippen molar-refractivity contribution in [2.75, 3.05) is 32.9 Å². The summed E-state index contributed by atoms with van der Waals surface area (Å²) < 4.78 is 30.9. The normalized spacial score (nSPS) is 43.1. The van der Waals surface area contributed by atoms with Crippen LogP contribution in [0, 0.1) is 0 Å². The summed E-state index contributed by atoms with van der Waals surface area (Å²) in [6.07, 6.45) is 7.53. The van der Waals surface area contributed by atoms with Gasteiger partial charge in [-0.1, -0.05) is 0 Å². The van der Waals surface area contributed by atoms with Gasteiger partial charge in [-0.15, -0.1) is 0 Å². The van der Waals surface area contributed by atoms with Crippen LogP contribution in [0.5, 0.6) is 0 Å². The topological polar surface area (TPSA) is 49.4 Å². The lowest BCUT2D eigenvalue weighted by atomic mass is 10.0. The maximum atomic E-state index is 6.57. The molecule has 5 rings (SSSR count). The van der Waals surface area contributed by atoms with Crippen LogP contribution in [0.3, 0.4) is 0 Å². The average molecular weight is 337 g/mol. The smallest absolute Gasteiger partial charge is 0.343 e. The first-order valence-corrected chi connectivity index (χ1v) is 9.59. The molecule has 5 heterocycles. The Balaban J connectivity index is 1.46. The van der Waals surface area contributed by atoms with E-state index in [0.717, 1.165) is 76.5 Å². The van der Waals surface area contributed by atoms with Gasteiger partial charge in [0, 0.05) is 32.7 Å². The minimum atomic E-state index is -0.784. The summed E-state index contributed by atoms with van der Waals surface area (Å²) in [4.78, 5) is 2.28. The van der Waals surface area contributed by atoms with Gasteiger partial charge in [0.15, 0.2) is 17.6 Å². The second kappa shape index (κ2) is 6.16. The molecule has 0 radical (unpaired) electrons. The molecule has 6 nitrogen and oxygen atoms in total. The molecule has 0 aromatic rings. The second-order valence-corrected chi connectivity index (χ2v) is 7.41. The van der Waals surface area contributed by atoms with E-state index in [0.29, 0.717) is 0 Å². The molecular weight excluding hydrogens is 310 g/mol. The third kappa shape index (κ3) is 2.38. The number of rotatable bonds is 4. The van der Waals surface area contributed by atoms with Crippen molar-refractivity contribution >= 4 is 0 Å². The van der Waals surface area contributed by atoms with Gasteiger partial charge in [-0.2, -0.15) is 0 Å². The third-order valence-electron chi connectivity index (χ3n) is 5.85. The Morgan fingerprint density at radius 2 is 1.38 bits per heavy atom. The summed E-state index contributed by atoms with van der Waals surface area (Å²) in [5, 5.41) is 0. The van der Waals surface area contributed by atoms with Crippen LogP contribution in [0.25, 0.3) is 0 Å². The van der Waals surface area contributed by atoms with E-state index in [9.17, 15) is 0 Å². The molecule has 0 amide bonds. The van der Waals surface area contributed by atoms with Crippen molar-refractivity contribution in [3.63, 3.8) is 0 Å². The fourth-order valence-electron chi connectivity index (χ4n) is 4.23. The molecule has 0 N–H and O–H groups in total. The first-order chi connectivity index (χ1) is 11.9. The van der Waals surface area contributed by atoms with E-state index in [1.807, 2.05) is 0 Å². The molecular formula is C18H27NO5. The largest absolute Gasteiger partial charge is 0.435 e. The van der Waals surface area contributed by atoms with Crippen LogP contribution in [0.4, 0.5) is 0 Å². The molecule has 6 heteroatoms. The van der Waals surface area contributed by atoms with Crippen molar-refractivity contribution in [3.05, 3.63) is 11.5 Å². The van der Waals surface area contributed by atoms with Gasteiger partial charge in [0.1, 0.15) is 12.2 Å². The molecule has 0 aromatic heterocycles. The summed E-state index contributed by atoms with van der Waals surface area (Å²) >= 11 is 0. The number of hydrogen-bond donors (Lipinski definition) is 0. The van der Waals surface area contributed by atoms with Crippen LogP contribution >= 0.6 is 0 Å². The molecule has 0 aliphatic carbocycles. The van der Waals surface area contributed by atoms with Crippen LogP contribution < -0.4 is 0 Å². The number of hydrogen-bond acceptors (Lipinski definition) is 6. The van der Waals surface area contributed by atoms with Crippen molar-refractivity contribution in [1.29, 1.82) is 0 Å². The SMILES string of the molecule is C1CCC(C2=C(C3CCCO3)OC(C3CCO3)(N3CCC3)O2)OC1. The van der Waals surface area contributed by atoms with Crippen LogP contribution in [0.1, 0.15) is 44.9 Å². The van der Waals surface area contributed by atoms with Crippen LogP contribution in [-0.4, -0.2) is 62.0 Å². The first kappa shape index (κ1) is 15.4. The summed E-state index contributed by atoms with van der Waals surface area (Å²) in [6.45, 7) is 4.38. The summed E-state index contributed by atoms with van der Waals surface area (Å²) in [5.41, 5.74) is 0. The maximum absolute atomic E-state index is 6.57. The summed E-state index contributed by atoms with van der Waals surface area (Å²) in [6, 6.07) is 0. The van der Waals surface area contributed by atoms with Crippen molar-refractivity contribution < 1.29 is 23.7 Å². The summed E-state index contributed by atoms with van der Waals surface area (Å²) in [5.74, 6) is 0.972.